The number of hydrogen-bond acceptors (Lipinski definition) is 4. The lowest BCUT2D eigenvalue weighted by molar-refractivity contribution is -0.129. The van der Waals surface area contributed by atoms with E-state index in [1.165, 1.54) is 41.5 Å². The number of aliphatic hydroxyl groups excluding tert-OH is 1. The molecule has 0 radical (unpaired) electrons. The molecule has 1 aliphatic rings. The average Bonchev–Trinajstić information content (AvgIpc) is 3.36. The molecule has 1 atom stereocenters. The Balaban J connectivity index is 1.69. The van der Waals surface area contributed by atoms with Gasteiger partial charge in [0.2, 0.25) is 5.78 Å². The third kappa shape index (κ3) is 3.74. The van der Waals surface area contributed by atoms with Gasteiger partial charge in [-0.25, -0.2) is 4.39 Å². The molecule has 1 aromatic heterocycles. The Labute approximate surface area is 177 Å². The molecule has 0 fully saturated rings. The maximum Gasteiger partial charge on any atom is 0.290 e. The van der Waals surface area contributed by atoms with E-state index in [1.807, 2.05) is 12.1 Å². The zero-order valence-electron chi connectivity index (χ0n) is 15.7. The van der Waals surface area contributed by atoms with Crippen molar-refractivity contribution in [3.8, 4) is 0 Å². The van der Waals surface area contributed by atoms with Gasteiger partial charge in [-0.15, -0.1) is 0 Å². The number of benzene rings is 2. The van der Waals surface area contributed by atoms with Crippen LogP contribution >= 0.6 is 11.6 Å². The van der Waals surface area contributed by atoms with Crippen molar-refractivity contribution in [3.05, 3.63) is 106 Å². The molecule has 0 spiro atoms. The lowest BCUT2D eigenvalue weighted by Gasteiger charge is -2.26. The molecule has 0 saturated carbocycles. The normalized spacial score (nSPS) is 16.4. The maximum absolute atomic E-state index is 13.5. The molecule has 0 aliphatic carbocycles. The highest BCUT2D eigenvalue weighted by atomic mass is 35.5. The minimum absolute atomic E-state index is 0.0102. The van der Waals surface area contributed by atoms with Crippen LogP contribution < -0.4 is 0 Å². The molecule has 1 aliphatic heterocycles. The fraction of sp³-hybridized carbons (Fsp3) is 0.130. The zero-order valence-corrected chi connectivity index (χ0v) is 16.5. The molecule has 1 N–H and O–H groups in total. The summed E-state index contributed by atoms with van der Waals surface area (Å²) < 4.78 is 18.6. The predicted octanol–water partition coefficient (Wildman–Crippen LogP) is 4.89. The highest BCUT2D eigenvalue weighted by molar-refractivity contribution is 6.30. The number of carbonyl (C=O) groups excluding carboxylic acids is 2. The second kappa shape index (κ2) is 8.16. The van der Waals surface area contributed by atoms with Gasteiger partial charge >= 0.3 is 0 Å². The number of hydrogen-bond donors (Lipinski definition) is 1. The molecule has 4 rings (SSSR count). The Morgan fingerprint density at radius 3 is 2.43 bits per heavy atom. The van der Waals surface area contributed by atoms with Crippen molar-refractivity contribution >= 4 is 23.3 Å². The van der Waals surface area contributed by atoms with Crippen LogP contribution in [0, 0.1) is 5.82 Å². The number of halogens is 2. The van der Waals surface area contributed by atoms with E-state index in [4.69, 9.17) is 16.0 Å². The van der Waals surface area contributed by atoms with E-state index >= 15 is 0 Å². The van der Waals surface area contributed by atoms with Crippen LogP contribution in [0.5, 0.6) is 0 Å². The number of aliphatic hydroxyl groups is 1. The monoisotopic (exact) mass is 425 g/mol. The van der Waals surface area contributed by atoms with Gasteiger partial charge in [0.15, 0.2) is 11.5 Å². The van der Waals surface area contributed by atoms with E-state index in [1.54, 1.807) is 18.2 Å². The van der Waals surface area contributed by atoms with Crippen LogP contribution in [0.1, 0.15) is 27.7 Å². The summed E-state index contributed by atoms with van der Waals surface area (Å²) in [6, 6.07) is 14.8. The van der Waals surface area contributed by atoms with E-state index in [2.05, 4.69) is 0 Å². The molecular weight excluding hydrogens is 409 g/mol. The lowest BCUT2D eigenvalue weighted by atomic mass is 9.95. The van der Waals surface area contributed by atoms with Gasteiger partial charge in [0.1, 0.15) is 5.82 Å². The van der Waals surface area contributed by atoms with E-state index < -0.39 is 29.3 Å². The highest BCUT2D eigenvalue weighted by Gasteiger charge is 2.44. The van der Waals surface area contributed by atoms with Crippen molar-refractivity contribution in [3.63, 3.8) is 0 Å². The van der Waals surface area contributed by atoms with Crippen LogP contribution in [0.2, 0.25) is 5.02 Å². The van der Waals surface area contributed by atoms with Gasteiger partial charge < -0.3 is 14.4 Å². The Morgan fingerprint density at radius 2 is 1.80 bits per heavy atom. The first-order chi connectivity index (χ1) is 14.5. The van der Waals surface area contributed by atoms with E-state index in [0.717, 1.165) is 5.56 Å². The molecule has 7 heteroatoms. The standard InChI is InChI=1S/C23H17ClFNO4/c24-16-7-3-14(4-8-16)11-12-26-20(15-5-9-17(25)10-6-15)19(22(28)23(26)29)21(27)18-2-1-13-30-18/h1-10,13,20,28H,11-12H2. The molecule has 3 aromatic rings. The number of nitrogens with zero attached hydrogens (tertiary/aromatic N) is 1. The smallest absolute Gasteiger partial charge is 0.290 e. The Morgan fingerprint density at radius 1 is 1.10 bits per heavy atom. The van der Waals surface area contributed by atoms with Gasteiger partial charge in [-0.1, -0.05) is 35.9 Å². The molecule has 152 valence electrons. The van der Waals surface area contributed by atoms with Gasteiger partial charge in [-0.05, 0) is 53.9 Å². The molecule has 2 aromatic carbocycles. The fourth-order valence-electron chi connectivity index (χ4n) is 3.55. The third-order valence-corrected chi connectivity index (χ3v) is 5.29. The molecule has 5 nitrogen and oxygen atoms in total. The minimum atomic E-state index is -0.858. The summed E-state index contributed by atoms with van der Waals surface area (Å²) in [7, 11) is 0. The molecule has 1 unspecified atom stereocenters. The van der Waals surface area contributed by atoms with Crippen LogP contribution in [0.15, 0.2) is 82.7 Å². The molecule has 30 heavy (non-hydrogen) atoms. The molecule has 0 bridgehead atoms. The number of carbonyl (C=O) groups is 2. The summed E-state index contributed by atoms with van der Waals surface area (Å²) in [6.07, 6.45) is 1.82. The Kier molecular flexibility index (Phi) is 5.42. The largest absolute Gasteiger partial charge is 0.503 e. The lowest BCUT2D eigenvalue weighted by Crippen LogP contribution is -2.33. The van der Waals surface area contributed by atoms with Crippen molar-refractivity contribution in [2.24, 2.45) is 0 Å². The second-order valence-corrected chi connectivity index (χ2v) is 7.33. The molecule has 0 saturated heterocycles. The van der Waals surface area contributed by atoms with Crippen molar-refractivity contribution in [1.82, 2.24) is 4.90 Å². The summed E-state index contributed by atoms with van der Waals surface area (Å²) in [5.41, 5.74) is 1.37. The van der Waals surface area contributed by atoms with Crippen LogP contribution in [0.4, 0.5) is 4.39 Å². The molecule has 1 amide bonds. The third-order valence-electron chi connectivity index (χ3n) is 5.03. The van der Waals surface area contributed by atoms with Crippen molar-refractivity contribution in [2.45, 2.75) is 12.5 Å². The SMILES string of the molecule is O=C(C1=C(O)C(=O)N(CCc2ccc(Cl)cc2)C1c1ccc(F)cc1)c1ccco1. The Hall–Kier alpha value is -3.38. The van der Waals surface area contributed by atoms with Gasteiger partial charge in [0.25, 0.3) is 5.91 Å². The second-order valence-electron chi connectivity index (χ2n) is 6.90. The first-order valence-electron chi connectivity index (χ1n) is 9.28. The van der Waals surface area contributed by atoms with Crippen molar-refractivity contribution < 1.29 is 23.5 Å². The van der Waals surface area contributed by atoms with Crippen LogP contribution in [-0.4, -0.2) is 28.2 Å². The summed E-state index contributed by atoms with van der Waals surface area (Å²) in [5, 5.41) is 11.2. The number of amides is 1. The highest BCUT2D eigenvalue weighted by Crippen LogP contribution is 2.39. The van der Waals surface area contributed by atoms with Crippen LogP contribution in [0.3, 0.4) is 0 Å². The zero-order chi connectivity index (χ0) is 21.3. The number of furan rings is 1. The first kappa shape index (κ1) is 19.9. The number of rotatable bonds is 6. The van der Waals surface area contributed by atoms with Crippen molar-refractivity contribution in [1.29, 1.82) is 0 Å². The maximum atomic E-state index is 13.5. The summed E-state index contributed by atoms with van der Waals surface area (Å²) in [6.45, 7) is 0.238. The molecular formula is C23H17ClFNO4. The van der Waals surface area contributed by atoms with E-state index in [0.29, 0.717) is 17.0 Å². The van der Waals surface area contributed by atoms with Crippen molar-refractivity contribution in [2.75, 3.05) is 6.54 Å². The number of ketones is 1. The average molecular weight is 426 g/mol. The fourth-order valence-corrected chi connectivity index (χ4v) is 3.67. The van der Waals surface area contributed by atoms with Gasteiger partial charge in [-0.2, -0.15) is 0 Å². The van der Waals surface area contributed by atoms with Gasteiger partial charge in [0.05, 0.1) is 17.9 Å². The van der Waals surface area contributed by atoms with E-state index in [9.17, 15) is 19.1 Å². The summed E-state index contributed by atoms with van der Waals surface area (Å²) in [4.78, 5) is 27.3. The summed E-state index contributed by atoms with van der Waals surface area (Å²) in [5.74, 6) is -2.30. The van der Waals surface area contributed by atoms with Gasteiger partial charge in [-0.3, -0.25) is 9.59 Å². The summed E-state index contributed by atoms with van der Waals surface area (Å²) >= 11 is 5.92. The minimum Gasteiger partial charge on any atom is -0.503 e. The first-order valence-corrected chi connectivity index (χ1v) is 9.65. The van der Waals surface area contributed by atoms with E-state index in [-0.39, 0.29) is 17.9 Å². The predicted molar refractivity (Wildman–Crippen MR) is 109 cm³/mol. The quantitative estimate of drug-likeness (QED) is 0.570. The van der Waals surface area contributed by atoms with Crippen LogP contribution in [0.25, 0.3) is 0 Å². The van der Waals surface area contributed by atoms with Gasteiger partial charge in [0, 0.05) is 11.6 Å². The van der Waals surface area contributed by atoms with Crippen LogP contribution in [-0.2, 0) is 11.2 Å². The molecule has 2 heterocycles. The topological polar surface area (TPSA) is 70.8 Å². The number of Topliss-reactive ketones (excluding diaryl/α,β-unsaturated/α-hetero) is 1. The Bertz CT molecular complexity index is 1110.